The zero-order valence-electron chi connectivity index (χ0n) is 15.0. The topological polar surface area (TPSA) is 63.7 Å². The Hall–Kier alpha value is -2.34. The first-order chi connectivity index (χ1) is 12.4. The minimum Gasteiger partial charge on any atom is -0.469 e. The van der Waals surface area contributed by atoms with Gasteiger partial charge in [0.1, 0.15) is 0 Å². The fourth-order valence-electron chi connectivity index (χ4n) is 3.52. The highest BCUT2D eigenvalue weighted by molar-refractivity contribution is 7.90. The van der Waals surface area contributed by atoms with Gasteiger partial charge in [0, 0.05) is 31.0 Å². The van der Waals surface area contributed by atoms with Gasteiger partial charge in [0.15, 0.2) is 9.84 Å². The normalized spacial score (nSPS) is 20.6. The fourth-order valence-corrected chi connectivity index (χ4v) is 4.15. The predicted octanol–water partition coefficient (Wildman–Crippen LogP) is 2.87. The summed E-state index contributed by atoms with van der Waals surface area (Å²) >= 11 is 0. The second-order valence-corrected chi connectivity index (χ2v) is 8.75. The molecule has 26 heavy (non-hydrogen) atoms. The van der Waals surface area contributed by atoms with Gasteiger partial charge in [-0.05, 0) is 36.2 Å². The molecule has 1 aliphatic rings. The summed E-state index contributed by atoms with van der Waals surface area (Å²) in [4.78, 5) is 14.6. The number of ether oxygens (including phenoxy) is 1. The summed E-state index contributed by atoms with van der Waals surface area (Å²) in [5.41, 5.74) is 2.10. The van der Waals surface area contributed by atoms with Gasteiger partial charge in [-0.3, -0.25) is 4.79 Å². The first-order valence-electron chi connectivity index (χ1n) is 8.56. The standard InChI is InChI=1S/C20H23NO4S/c1-25-20(22)17-12-16(15-6-4-3-5-7-15)13-21(14-17)18-8-10-19(11-9-18)26(2,23)24/h3-11,16-17H,12-14H2,1-2H3. The number of carbonyl (C=O) groups excluding carboxylic acids is 1. The second kappa shape index (κ2) is 7.50. The monoisotopic (exact) mass is 373 g/mol. The number of anilines is 1. The van der Waals surface area contributed by atoms with E-state index < -0.39 is 9.84 Å². The van der Waals surface area contributed by atoms with Crippen molar-refractivity contribution < 1.29 is 17.9 Å². The third-order valence-corrected chi connectivity index (χ3v) is 6.01. The lowest BCUT2D eigenvalue weighted by atomic mass is 9.84. The molecule has 3 rings (SSSR count). The molecule has 2 unspecified atom stereocenters. The van der Waals surface area contributed by atoms with Crippen LogP contribution in [0.4, 0.5) is 5.69 Å². The van der Waals surface area contributed by atoms with Gasteiger partial charge in [0.25, 0.3) is 0 Å². The van der Waals surface area contributed by atoms with Crippen LogP contribution in [0.15, 0.2) is 59.5 Å². The number of carbonyl (C=O) groups is 1. The molecule has 2 aromatic carbocycles. The van der Waals surface area contributed by atoms with Crippen LogP contribution in [0.3, 0.4) is 0 Å². The summed E-state index contributed by atoms with van der Waals surface area (Å²) in [6.07, 6.45) is 1.94. The van der Waals surface area contributed by atoms with E-state index in [0.29, 0.717) is 11.4 Å². The lowest BCUT2D eigenvalue weighted by molar-refractivity contribution is -0.145. The van der Waals surface area contributed by atoms with Gasteiger partial charge in [0.05, 0.1) is 17.9 Å². The number of hydrogen-bond donors (Lipinski definition) is 0. The van der Waals surface area contributed by atoms with Crippen LogP contribution in [-0.2, 0) is 19.4 Å². The molecular weight excluding hydrogens is 350 g/mol. The van der Waals surface area contributed by atoms with Crippen molar-refractivity contribution in [3.63, 3.8) is 0 Å². The van der Waals surface area contributed by atoms with E-state index in [4.69, 9.17) is 4.74 Å². The van der Waals surface area contributed by atoms with Gasteiger partial charge >= 0.3 is 5.97 Å². The summed E-state index contributed by atoms with van der Waals surface area (Å²) in [7, 11) is -1.81. The number of hydrogen-bond acceptors (Lipinski definition) is 5. The quantitative estimate of drug-likeness (QED) is 0.771. The van der Waals surface area contributed by atoms with E-state index in [1.165, 1.54) is 18.9 Å². The van der Waals surface area contributed by atoms with Crippen LogP contribution >= 0.6 is 0 Å². The maximum Gasteiger partial charge on any atom is 0.310 e. The fraction of sp³-hybridized carbons (Fsp3) is 0.350. The number of sulfone groups is 1. The summed E-state index contributed by atoms with van der Waals surface area (Å²) in [5, 5.41) is 0. The average molecular weight is 373 g/mol. The third-order valence-electron chi connectivity index (χ3n) is 4.89. The highest BCUT2D eigenvalue weighted by Gasteiger charge is 2.33. The molecule has 1 saturated heterocycles. The first kappa shape index (κ1) is 18.5. The van der Waals surface area contributed by atoms with Crippen molar-refractivity contribution in [3.05, 3.63) is 60.2 Å². The summed E-state index contributed by atoms with van der Waals surface area (Å²) in [6, 6.07) is 17.0. The zero-order valence-corrected chi connectivity index (χ0v) is 15.8. The maximum absolute atomic E-state index is 12.2. The molecule has 0 amide bonds. The van der Waals surface area contributed by atoms with E-state index in [-0.39, 0.29) is 17.8 Å². The molecule has 0 spiro atoms. The molecule has 0 aliphatic carbocycles. The average Bonchev–Trinajstić information content (AvgIpc) is 2.67. The zero-order chi connectivity index (χ0) is 18.7. The van der Waals surface area contributed by atoms with Crippen LogP contribution in [0.2, 0.25) is 0 Å². The smallest absolute Gasteiger partial charge is 0.310 e. The Morgan fingerprint density at radius 3 is 2.27 bits per heavy atom. The van der Waals surface area contributed by atoms with Crippen LogP contribution in [0, 0.1) is 5.92 Å². The van der Waals surface area contributed by atoms with Crippen LogP contribution in [0.1, 0.15) is 17.9 Å². The van der Waals surface area contributed by atoms with Crippen LogP contribution in [0.25, 0.3) is 0 Å². The van der Waals surface area contributed by atoms with E-state index in [1.54, 1.807) is 24.3 Å². The molecule has 1 heterocycles. The SMILES string of the molecule is COC(=O)C1CC(c2ccccc2)CN(c2ccc(S(C)(=O)=O)cc2)C1. The lowest BCUT2D eigenvalue weighted by Gasteiger charge is -2.38. The molecule has 0 N–H and O–H groups in total. The number of esters is 1. The first-order valence-corrected chi connectivity index (χ1v) is 10.5. The Labute approximate surface area is 154 Å². The van der Waals surface area contributed by atoms with Gasteiger partial charge in [-0.1, -0.05) is 30.3 Å². The molecule has 2 aromatic rings. The van der Waals surface area contributed by atoms with Crippen LogP contribution in [-0.4, -0.2) is 40.8 Å². The van der Waals surface area contributed by atoms with Crippen molar-refractivity contribution in [1.82, 2.24) is 0 Å². The lowest BCUT2D eigenvalue weighted by Crippen LogP contribution is -2.42. The van der Waals surface area contributed by atoms with Gasteiger partial charge < -0.3 is 9.64 Å². The van der Waals surface area contributed by atoms with Gasteiger partial charge in [-0.25, -0.2) is 8.42 Å². The predicted molar refractivity (Wildman–Crippen MR) is 101 cm³/mol. The van der Waals surface area contributed by atoms with Crippen molar-refractivity contribution in [3.8, 4) is 0 Å². The molecule has 0 saturated carbocycles. The number of benzene rings is 2. The molecule has 1 fully saturated rings. The Morgan fingerprint density at radius 2 is 1.69 bits per heavy atom. The Morgan fingerprint density at radius 1 is 1.04 bits per heavy atom. The Kier molecular flexibility index (Phi) is 5.32. The number of piperidine rings is 1. The van der Waals surface area contributed by atoms with Crippen molar-refractivity contribution in [2.24, 2.45) is 5.92 Å². The third kappa shape index (κ3) is 4.07. The van der Waals surface area contributed by atoms with Gasteiger partial charge in [-0.2, -0.15) is 0 Å². The molecule has 1 aliphatic heterocycles. The molecule has 6 heteroatoms. The summed E-state index contributed by atoms with van der Waals surface area (Å²) < 4.78 is 28.3. The highest BCUT2D eigenvalue weighted by Crippen LogP contribution is 2.33. The van der Waals surface area contributed by atoms with Crippen LogP contribution in [0.5, 0.6) is 0 Å². The number of nitrogens with zero attached hydrogens (tertiary/aromatic N) is 1. The number of rotatable bonds is 4. The van der Waals surface area contributed by atoms with Crippen molar-refractivity contribution in [2.75, 3.05) is 31.4 Å². The van der Waals surface area contributed by atoms with Crippen LogP contribution < -0.4 is 4.90 Å². The minimum absolute atomic E-state index is 0.205. The number of methoxy groups -OCH3 is 1. The largest absolute Gasteiger partial charge is 0.469 e. The molecule has 138 valence electrons. The Balaban J connectivity index is 1.88. The summed E-state index contributed by atoms with van der Waals surface area (Å²) in [5.74, 6) is -0.208. The second-order valence-electron chi connectivity index (χ2n) is 6.73. The van der Waals surface area contributed by atoms with Crippen molar-refractivity contribution in [2.45, 2.75) is 17.2 Å². The van der Waals surface area contributed by atoms with Crippen molar-refractivity contribution in [1.29, 1.82) is 0 Å². The van der Waals surface area contributed by atoms with Gasteiger partial charge in [0.2, 0.25) is 0 Å². The highest BCUT2D eigenvalue weighted by atomic mass is 32.2. The molecule has 0 radical (unpaired) electrons. The van der Waals surface area contributed by atoms with E-state index in [0.717, 1.165) is 18.7 Å². The molecule has 5 nitrogen and oxygen atoms in total. The molecule has 0 bridgehead atoms. The Bertz CT molecular complexity index is 862. The minimum atomic E-state index is -3.22. The van der Waals surface area contributed by atoms with E-state index >= 15 is 0 Å². The molecule has 2 atom stereocenters. The maximum atomic E-state index is 12.2. The van der Waals surface area contributed by atoms with E-state index in [2.05, 4.69) is 17.0 Å². The van der Waals surface area contributed by atoms with E-state index in [1.807, 2.05) is 18.2 Å². The summed E-state index contributed by atoms with van der Waals surface area (Å²) in [6.45, 7) is 1.34. The van der Waals surface area contributed by atoms with Crippen molar-refractivity contribution >= 4 is 21.5 Å². The van der Waals surface area contributed by atoms with E-state index in [9.17, 15) is 13.2 Å². The van der Waals surface area contributed by atoms with Gasteiger partial charge in [-0.15, -0.1) is 0 Å². The molecular formula is C20H23NO4S. The molecule has 0 aromatic heterocycles.